The van der Waals surface area contributed by atoms with Crippen LogP contribution in [-0.2, 0) is 0 Å². The first-order valence-electron chi connectivity index (χ1n) is 5.34. The third kappa shape index (κ3) is 2.44. The van der Waals surface area contributed by atoms with Gasteiger partial charge in [0.2, 0.25) is 0 Å². The molecule has 0 atom stereocenters. The number of aldehydes is 1. The van der Waals surface area contributed by atoms with Crippen molar-refractivity contribution in [2.45, 2.75) is 0 Å². The average molecular weight is 260 g/mol. The third-order valence-corrected chi connectivity index (χ3v) is 2.66. The summed E-state index contributed by atoms with van der Waals surface area (Å²) in [6, 6.07) is 8.22. The minimum atomic E-state index is -1.10. The van der Waals surface area contributed by atoms with E-state index in [-0.39, 0.29) is 11.1 Å². The predicted octanol–water partition coefficient (Wildman–Crippen LogP) is 2.71. The van der Waals surface area contributed by atoms with E-state index in [9.17, 15) is 19.1 Å². The Balaban J connectivity index is 2.59. The molecule has 0 aliphatic rings. The summed E-state index contributed by atoms with van der Waals surface area (Å²) in [5, 5.41) is 18.2. The van der Waals surface area contributed by atoms with E-state index in [4.69, 9.17) is 5.11 Å². The Morgan fingerprint density at radius 2 is 1.89 bits per heavy atom. The fourth-order valence-corrected chi connectivity index (χ4v) is 1.71. The van der Waals surface area contributed by atoms with Crippen LogP contribution < -0.4 is 0 Å². The predicted molar refractivity (Wildman–Crippen MR) is 65.8 cm³/mol. The Morgan fingerprint density at radius 1 is 1.16 bits per heavy atom. The molecule has 96 valence electrons. The molecule has 0 aromatic heterocycles. The highest BCUT2D eigenvalue weighted by molar-refractivity contribution is 5.90. The van der Waals surface area contributed by atoms with Crippen molar-refractivity contribution in [3.8, 4) is 16.9 Å². The Morgan fingerprint density at radius 3 is 2.53 bits per heavy atom. The number of phenols is 1. The van der Waals surface area contributed by atoms with Gasteiger partial charge < -0.3 is 10.2 Å². The molecular weight excluding hydrogens is 251 g/mol. The Hall–Kier alpha value is -2.69. The van der Waals surface area contributed by atoms with E-state index in [1.54, 1.807) is 6.07 Å². The molecule has 0 heterocycles. The van der Waals surface area contributed by atoms with Crippen molar-refractivity contribution < 1.29 is 24.2 Å². The minimum Gasteiger partial charge on any atom is -0.504 e. The lowest BCUT2D eigenvalue weighted by Crippen LogP contribution is -1.96. The monoisotopic (exact) mass is 260 g/mol. The highest BCUT2D eigenvalue weighted by Gasteiger charge is 2.11. The zero-order chi connectivity index (χ0) is 14.0. The minimum absolute atomic E-state index is 0.0543. The van der Waals surface area contributed by atoms with Crippen molar-refractivity contribution in [3.63, 3.8) is 0 Å². The van der Waals surface area contributed by atoms with Gasteiger partial charge in [-0.2, -0.15) is 0 Å². The SMILES string of the molecule is O=Cc1cc(-c2cccc(C(=O)O)c2)cc(F)c1O. The van der Waals surface area contributed by atoms with Crippen LogP contribution in [0.2, 0.25) is 0 Å². The van der Waals surface area contributed by atoms with Crippen LogP contribution in [0.1, 0.15) is 20.7 Å². The van der Waals surface area contributed by atoms with Crippen LogP contribution >= 0.6 is 0 Å². The Kier molecular flexibility index (Phi) is 3.29. The van der Waals surface area contributed by atoms with E-state index in [0.717, 1.165) is 6.07 Å². The lowest BCUT2D eigenvalue weighted by atomic mass is 10.0. The number of hydrogen-bond donors (Lipinski definition) is 2. The van der Waals surface area contributed by atoms with Gasteiger partial charge in [0.1, 0.15) is 0 Å². The van der Waals surface area contributed by atoms with E-state index >= 15 is 0 Å². The van der Waals surface area contributed by atoms with Gasteiger partial charge in [-0.15, -0.1) is 0 Å². The van der Waals surface area contributed by atoms with Gasteiger partial charge in [-0.3, -0.25) is 4.79 Å². The largest absolute Gasteiger partial charge is 0.504 e. The van der Waals surface area contributed by atoms with Crippen molar-refractivity contribution >= 4 is 12.3 Å². The Bertz CT molecular complexity index is 664. The maximum absolute atomic E-state index is 13.4. The van der Waals surface area contributed by atoms with Gasteiger partial charge in [0.25, 0.3) is 0 Å². The molecule has 0 saturated carbocycles. The Labute approximate surface area is 107 Å². The highest BCUT2D eigenvalue weighted by Crippen LogP contribution is 2.28. The van der Waals surface area contributed by atoms with Crippen LogP contribution in [0.15, 0.2) is 36.4 Å². The van der Waals surface area contributed by atoms with Gasteiger partial charge in [-0.25, -0.2) is 9.18 Å². The van der Waals surface area contributed by atoms with Crippen molar-refractivity contribution in [3.05, 3.63) is 53.3 Å². The standard InChI is InChI=1S/C14H9FO4/c15-12-6-10(5-11(7-16)13(12)17)8-2-1-3-9(4-8)14(18)19/h1-7,17H,(H,18,19). The average Bonchev–Trinajstić information content (AvgIpc) is 2.41. The van der Waals surface area contributed by atoms with Gasteiger partial charge in [0.05, 0.1) is 11.1 Å². The summed E-state index contributed by atoms with van der Waals surface area (Å²) in [7, 11) is 0. The molecule has 0 radical (unpaired) electrons. The molecule has 2 aromatic carbocycles. The third-order valence-electron chi connectivity index (χ3n) is 2.66. The fraction of sp³-hybridized carbons (Fsp3) is 0. The molecule has 0 spiro atoms. The van der Waals surface area contributed by atoms with Crippen molar-refractivity contribution in [1.82, 2.24) is 0 Å². The number of carboxylic acids is 1. The van der Waals surface area contributed by atoms with E-state index in [0.29, 0.717) is 17.4 Å². The maximum atomic E-state index is 13.4. The number of carbonyl (C=O) groups is 2. The quantitative estimate of drug-likeness (QED) is 0.832. The van der Waals surface area contributed by atoms with Gasteiger partial charge in [-0.05, 0) is 35.4 Å². The molecule has 19 heavy (non-hydrogen) atoms. The van der Waals surface area contributed by atoms with Crippen molar-refractivity contribution in [2.75, 3.05) is 0 Å². The van der Waals surface area contributed by atoms with E-state index < -0.39 is 17.5 Å². The summed E-state index contributed by atoms with van der Waals surface area (Å²) in [5.74, 6) is -2.75. The summed E-state index contributed by atoms with van der Waals surface area (Å²) in [5.41, 5.74) is 0.636. The van der Waals surface area contributed by atoms with Crippen LogP contribution in [0.4, 0.5) is 4.39 Å². The first kappa shape index (κ1) is 12.8. The highest BCUT2D eigenvalue weighted by atomic mass is 19.1. The van der Waals surface area contributed by atoms with Gasteiger partial charge in [-0.1, -0.05) is 12.1 Å². The van der Waals surface area contributed by atoms with Crippen LogP contribution in [0, 0.1) is 5.82 Å². The topological polar surface area (TPSA) is 74.6 Å². The normalized spacial score (nSPS) is 10.2. The molecule has 0 unspecified atom stereocenters. The van der Waals surface area contributed by atoms with Crippen molar-refractivity contribution in [2.24, 2.45) is 0 Å². The zero-order valence-electron chi connectivity index (χ0n) is 9.63. The number of phenolic OH excluding ortho intramolecular Hbond substituents is 1. The number of halogens is 1. The zero-order valence-corrected chi connectivity index (χ0v) is 9.63. The first-order chi connectivity index (χ1) is 9.02. The molecule has 2 aromatic rings. The molecule has 2 rings (SSSR count). The van der Waals surface area contributed by atoms with E-state index in [2.05, 4.69) is 0 Å². The number of hydrogen-bond acceptors (Lipinski definition) is 3. The first-order valence-corrected chi connectivity index (χ1v) is 5.34. The second kappa shape index (κ2) is 4.89. The van der Waals surface area contributed by atoms with Crippen LogP contribution in [0.5, 0.6) is 5.75 Å². The molecule has 0 fully saturated rings. The van der Waals surface area contributed by atoms with E-state index in [1.165, 1.54) is 24.3 Å². The second-order valence-corrected chi connectivity index (χ2v) is 3.90. The molecule has 0 saturated heterocycles. The van der Waals surface area contributed by atoms with Gasteiger partial charge >= 0.3 is 5.97 Å². The summed E-state index contributed by atoms with van der Waals surface area (Å²) in [4.78, 5) is 21.6. The molecule has 0 aliphatic carbocycles. The smallest absolute Gasteiger partial charge is 0.335 e. The molecule has 5 heteroatoms. The molecule has 0 aliphatic heterocycles. The summed E-state index contributed by atoms with van der Waals surface area (Å²) in [6.07, 6.45) is 0.336. The molecule has 0 amide bonds. The lowest BCUT2D eigenvalue weighted by Gasteiger charge is -2.06. The number of rotatable bonds is 3. The summed E-state index contributed by atoms with van der Waals surface area (Å²) in [6.45, 7) is 0. The number of carboxylic acid groups (broad SMARTS) is 1. The number of carbonyl (C=O) groups excluding carboxylic acids is 1. The van der Waals surface area contributed by atoms with Crippen LogP contribution in [-0.4, -0.2) is 22.5 Å². The number of benzene rings is 2. The maximum Gasteiger partial charge on any atom is 0.335 e. The number of aromatic hydroxyl groups is 1. The van der Waals surface area contributed by atoms with Crippen molar-refractivity contribution in [1.29, 1.82) is 0 Å². The van der Waals surface area contributed by atoms with Crippen LogP contribution in [0.3, 0.4) is 0 Å². The molecular formula is C14H9FO4. The summed E-state index contributed by atoms with van der Waals surface area (Å²) < 4.78 is 13.4. The van der Waals surface area contributed by atoms with Crippen LogP contribution in [0.25, 0.3) is 11.1 Å². The fourth-order valence-electron chi connectivity index (χ4n) is 1.71. The summed E-state index contributed by atoms with van der Waals surface area (Å²) >= 11 is 0. The van der Waals surface area contributed by atoms with E-state index in [1.807, 2.05) is 0 Å². The molecule has 0 bridgehead atoms. The number of aromatic carboxylic acids is 1. The molecule has 4 nitrogen and oxygen atoms in total. The van der Waals surface area contributed by atoms with Gasteiger partial charge in [0.15, 0.2) is 17.9 Å². The lowest BCUT2D eigenvalue weighted by molar-refractivity contribution is 0.0696. The van der Waals surface area contributed by atoms with Gasteiger partial charge in [0, 0.05) is 0 Å². The second-order valence-electron chi connectivity index (χ2n) is 3.90. The molecule has 2 N–H and O–H groups in total.